The van der Waals surface area contributed by atoms with E-state index in [-0.39, 0.29) is 19.1 Å². The number of carbonyl (C=O) groups is 1. The van der Waals surface area contributed by atoms with Gasteiger partial charge in [0.15, 0.2) is 0 Å². The zero-order valence-corrected chi connectivity index (χ0v) is 26.0. The Bertz CT molecular complexity index is 1550. The summed E-state index contributed by atoms with van der Waals surface area (Å²) in [4.78, 5) is 18.2. The van der Waals surface area contributed by atoms with Gasteiger partial charge in [-0.25, -0.2) is 4.79 Å². The van der Waals surface area contributed by atoms with Crippen LogP contribution in [0.4, 0.5) is 4.79 Å². The van der Waals surface area contributed by atoms with Crippen LogP contribution in [-0.4, -0.2) is 72.2 Å². The van der Waals surface area contributed by atoms with Crippen molar-refractivity contribution in [2.75, 3.05) is 0 Å². The molecular formula is C37H40N4O5. The molecule has 46 heavy (non-hydrogen) atoms. The fourth-order valence-corrected chi connectivity index (χ4v) is 6.11. The van der Waals surface area contributed by atoms with Crippen molar-refractivity contribution >= 4 is 17.5 Å². The predicted molar refractivity (Wildman–Crippen MR) is 177 cm³/mol. The summed E-state index contributed by atoms with van der Waals surface area (Å²) in [5.74, 6) is 0. The van der Waals surface area contributed by atoms with Gasteiger partial charge < -0.3 is 30.4 Å². The minimum absolute atomic E-state index is 0.150. The largest absolute Gasteiger partial charge is 0.411 e. The molecule has 0 saturated carbocycles. The third kappa shape index (κ3) is 7.44. The first-order valence-electron chi connectivity index (χ1n) is 15.4. The molecule has 4 N–H and O–H groups in total. The van der Waals surface area contributed by atoms with Crippen molar-refractivity contribution in [2.24, 2.45) is 10.3 Å². The van der Waals surface area contributed by atoms with E-state index in [1.807, 2.05) is 109 Å². The molecular weight excluding hydrogens is 580 g/mol. The third-order valence-electron chi connectivity index (χ3n) is 8.70. The Morgan fingerprint density at radius 3 is 1.33 bits per heavy atom. The van der Waals surface area contributed by atoms with E-state index in [1.54, 1.807) is 23.6 Å². The monoisotopic (exact) mass is 620 g/mol. The van der Waals surface area contributed by atoms with Gasteiger partial charge in [-0.3, -0.25) is 0 Å². The van der Waals surface area contributed by atoms with Crippen LogP contribution in [0, 0.1) is 0 Å². The zero-order valence-electron chi connectivity index (χ0n) is 26.0. The molecule has 1 fully saturated rings. The summed E-state index contributed by atoms with van der Waals surface area (Å²) in [6, 6.07) is 32.3. The van der Waals surface area contributed by atoms with E-state index in [4.69, 9.17) is 0 Å². The maximum atomic E-state index is 14.9. The van der Waals surface area contributed by atoms with Crippen molar-refractivity contribution in [3.05, 3.63) is 143 Å². The molecule has 238 valence electrons. The number of hydrogen-bond acceptors (Lipinski definition) is 7. The van der Waals surface area contributed by atoms with E-state index in [0.717, 1.165) is 22.3 Å². The van der Waals surface area contributed by atoms with Crippen LogP contribution in [-0.2, 0) is 25.9 Å². The van der Waals surface area contributed by atoms with Crippen LogP contribution >= 0.6 is 0 Å². The normalized spacial score (nSPS) is 20.9. The molecule has 5 rings (SSSR count). The lowest BCUT2D eigenvalue weighted by Crippen LogP contribution is -2.50. The highest BCUT2D eigenvalue weighted by molar-refractivity contribution is 5.98. The fraction of sp³-hybridized carbons (Fsp3) is 0.270. The molecule has 0 aliphatic carbocycles. The standard InChI is InChI=1S/C37H40N4O5/c1-25(38-45)31-17-9-15-29(19-31)23-40-33(21-27-11-5-3-6-12-27)35(42)36(43)34(22-28-13-7-4-8-14-28)41(37(40)44)24-30-16-10-18-32(20-30)26(2)39-46/h3-20,33-36,42-43,45-46H,21-24H2,1-2H3/b38-25-,39-26+/t33-,34-,35+,36+/m1/s1. The van der Waals surface area contributed by atoms with Crippen LogP contribution < -0.4 is 0 Å². The van der Waals surface area contributed by atoms with Gasteiger partial charge in [-0.1, -0.05) is 107 Å². The van der Waals surface area contributed by atoms with E-state index in [9.17, 15) is 25.4 Å². The van der Waals surface area contributed by atoms with Gasteiger partial charge in [0.05, 0.1) is 23.5 Å². The number of rotatable bonds is 10. The highest BCUT2D eigenvalue weighted by atomic mass is 16.4. The van der Waals surface area contributed by atoms with E-state index in [0.29, 0.717) is 35.4 Å². The summed E-state index contributed by atoms with van der Waals surface area (Å²) in [5.41, 5.74) is 5.70. The van der Waals surface area contributed by atoms with Crippen molar-refractivity contribution in [1.82, 2.24) is 9.80 Å². The minimum Gasteiger partial charge on any atom is -0.411 e. The molecule has 1 aliphatic heterocycles. The summed E-state index contributed by atoms with van der Waals surface area (Å²) in [6.07, 6.45) is -1.87. The molecule has 4 atom stereocenters. The molecule has 1 saturated heterocycles. The number of aliphatic hydroxyl groups is 2. The van der Waals surface area contributed by atoms with E-state index in [1.165, 1.54) is 0 Å². The molecule has 2 amide bonds. The first-order chi connectivity index (χ1) is 22.3. The number of benzene rings is 4. The Morgan fingerprint density at radius 2 is 0.957 bits per heavy atom. The lowest BCUT2D eigenvalue weighted by atomic mass is 9.90. The van der Waals surface area contributed by atoms with E-state index in [2.05, 4.69) is 10.3 Å². The Balaban J connectivity index is 1.61. The highest BCUT2D eigenvalue weighted by Gasteiger charge is 2.46. The number of urea groups is 1. The van der Waals surface area contributed by atoms with Gasteiger partial charge in [-0.05, 0) is 72.2 Å². The van der Waals surface area contributed by atoms with Crippen LogP contribution in [0.5, 0.6) is 0 Å². The first kappa shape index (κ1) is 32.4. The Labute approximate surface area is 269 Å². The molecule has 9 heteroatoms. The third-order valence-corrected chi connectivity index (χ3v) is 8.70. The smallest absolute Gasteiger partial charge is 0.321 e. The lowest BCUT2D eigenvalue weighted by molar-refractivity contribution is -0.0408. The highest BCUT2D eigenvalue weighted by Crippen LogP contribution is 2.30. The van der Waals surface area contributed by atoms with Crippen LogP contribution in [0.1, 0.15) is 47.2 Å². The van der Waals surface area contributed by atoms with Crippen molar-refractivity contribution < 1.29 is 25.4 Å². The SMILES string of the molecule is C/C(=N/O)c1cccc(CN2C(=O)N(Cc3cccc(/C(C)=N/O)c3)[C@H](Cc3ccccc3)[C@H](O)[C@@H](O)[C@H]2Cc2ccccc2)c1. The van der Waals surface area contributed by atoms with Crippen LogP contribution in [0.15, 0.2) is 120 Å². The lowest BCUT2D eigenvalue weighted by Gasteiger charge is -2.36. The Hall–Kier alpha value is -4.99. The molecule has 0 bridgehead atoms. The van der Waals surface area contributed by atoms with Crippen LogP contribution in [0.25, 0.3) is 0 Å². The van der Waals surface area contributed by atoms with Crippen LogP contribution in [0.2, 0.25) is 0 Å². The van der Waals surface area contributed by atoms with E-state index < -0.39 is 24.3 Å². The quantitative estimate of drug-likeness (QED) is 0.106. The second kappa shape index (κ2) is 14.9. The number of hydrogen-bond donors (Lipinski definition) is 4. The van der Waals surface area contributed by atoms with Crippen LogP contribution in [0.3, 0.4) is 0 Å². The summed E-state index contributed by atoms with van der Waals surface area (Å²) in [6.45, 7) is 3.69. The molecule has 0 unspecified atom stereocenters. The summed E-state index contributed by atoms with van der Waals surface area (Å²) in [5, 5.41) is 49.3. The van der Waals surface area contributed by atoms with Gasteiger partial charge in [0.2, 0.25) is 0 Å². The van der Waals surface area contributed by atoms with Gasteiger partial charge in [0.25, 0.3) is 0 Å². The molecule has 4 aromatic rings. The van der Waals surface area contributed by atoms with Crippen molar-refractivity contribution in [2.45, 2.75) is 64.1 Å². The second-order valence-electron chi connectivity index (χ2n) is 11.8. The van der Waals surface area contributed by atoms with Gasteiger partial charge in [-0.2, -0.15) is 0 Å². The summed E-state index contributed by atoms with van der Waals surface area (Å²) < 4.78 is 0. The topological polar surface area (TPSA) is 129 Å². The van der Waals surface area contributed by atoms with Gasteiger partial charge in [0, 0.05) is 13.1 Å². The number of nitrogens with zero attached hydrogens (tertiary/aromatic N) is 4. The molecule has 0 aromatic heterocycles. The summed E-state index contributed by atoms with van der Waals surface area (Å²) in [7, 11) is 0. The molecule has 9 nitrogen and oxygen atoms in total. The summed E-state index contributed by atoms with van der Waals surface area (Å²) >= 11 is 0. The van der Waals surface area contributed by atoms with Crippen molar-refractivity contribution in [1.29, 1.82) is 0 Å². The minimum atomic E-state index is -1.26. The zero-order chi connectivity index (χ0) is 32.6. The molecule has 0 radical (unpaired) electrons. The predicted octanol–water partition coefficient (Wildman–Crippen LogP) is 5.47. The average Bonchev–Trinajstić information content (AvgIpc) is 3.15. The maximum absolute atomic E-state index is 14.9. The Kier molecular flexibility index (Phi) is 10.5. The molecule has 1 aliphatic rings. The number of carbonyl (C=O) groups excluding carboxylic acids is 1. The number of oxime groups is 2. The second-order valence-corrected chi connectivity index (χ2v) is 11.8. The van der Waals surface area contributed by atoms with Crippen molar-refractivity contribution in [3.63, 3.8) is 0 Å². The van der Waals surface area contributed by atoms with Gasteiger partial charge >= 0.3 is 6.03 Å². The molecule has 1 heterocycles. The Morgan fingerprint density at radius 1 is 0.587 bits per heavy atom. The van der Waals surface area contributed by atoms with Gasteiger partial charge in [-0.15, -0.1) is 0 Å². The van der Waals surface area contributed by atoms with Crippen molar-refractivity contribution in [3.8, 4) is 0 Å². The first-order valence-corrected chi connectivity index (χ1v) is 15.4. The molecule has 0 spiro atoms. The fourth-order valence-electron chi connectivity index (χ4n) is 6.11. The molecule has 4 aromatic carbocycles. The average molecular weight is 621 g/mol. The maximum Gasteiger partial charge on any atom is 0.321 e. The van der Waals surface area contributed by atoms with E-state index >= 15 is 0 Å². The number of amides is 2. The number of aliphatic hydroxyl groups excluding tert-OH is 2. The van der Waals surface area contributed by atoms with Gasteiger partial charge in [0.1, 0.15) is 12.2 Å².